The van der Waals surface area contributed by atoms with Crippen molar-refractivity contribution in [2.45, 2.75) is 11.8 Å². The van der Waals surface area contributed by atoms with E-state index in [0.717, 1.165) is 4.90 Å². The van der Waals surface area contributed by atoms with E-state index in [9.17, 15) is 9.59 Å². The summed E-state index contributed by atoms with van der Waals surface area (Å²) in [5.74, 6) is -0.549. The number of rotatable bonds is 6. The molecule has 1 aromatic carbocycles. The van der Waals surface area contributed by atoms with Crippen LogP contribution in [0.5, 0.6) is 0 Å². The van der Waals surface area contributed by atoms with Crippen LogP contribution < -0.4 is 5.32 Å². The van der Waals surface area contributed by atoms with Crippen molar-refractivity contribution in [2.24, 2.45) is 0 Å². The summed E-state index contributed by atoms with van der Waals surface area (Å²) in [6.45, 7) is 2.03. The van der Waals surface area contributed by atoms with Gasteiger partial charge in [0.05, 0.1) is 17.9 Å². The molecule has 1 amide bonds. The highest BCUT2D eigenvalue weighted by Crippen LogP contribution is 2.26. The van der Waals surface area contributed by atoms with Crippen molar-refractivity contribution < 1.29 is 19.1 Å². The molecule has 0 aliphatic carbocycles. The van der Waals surface area contributed by atoms with Crippen LogP contribution in [0, 0.1) is 0 Å². The number of carbonyl (C=O) groups excluding carboxylic acids is 2. The Morgan fingerprint density at radius 1 is 1.32 bits per heavy atom. The molecule has 0 spiro atoms. The number of anilines is 1. The molecule has 0 bridgehead atoms. The van der Waals surface area contributed by atoms with Crippen molar-refractivity contribution >= 4 is 29.3 Å². The zero-order valence-electron chi connectivity index (χ0n) is 11.2. The van der Waals surface area contributed by atoms with E-state index in [2.05, 4.69) is 5.32 Å². The molecule has 0 aromatic heterocycles. The molecule has 0 fully saturated rings. The molecule has 0 aliphatic heterocycles. The number of amides is 1. The van der Waals surface area contributed by atoms with Gasteiger partial charge in [-0.25, -0.2) is 4.79 Å². The summed E-state index contributed by atoms with van der Waals surface area (Å²) in [6.07, 6.45) is 1.88. The average molecular weight is 283 g/mol. The number of nitrogens with one attached hydrogen (secondary N) is 1. The molecule has 1 rings (SSSR count). The third kappa shape index (κ3) is 4.92. The summed E-state index contributed by atoms with van der Waals surface area (Å²) < 4.78 is 9.84. The minimum absolute atomic E-state index is 0.147. The van der Waals surface area contributed by atoms with Gasteiger partial charge in [-0.2, -0.15) is 0 Å². The molecule has 0 unspecified atom stereocenters. The highest BCUT2D eigenvalue weighted by molar-refractivity contribution is 7.98. The molecule has 0 saturated heterocycles. The molecule has 0 heterocycles. The maximum Gasteiger partial charge on any atom is 0.338 e. The quantitative estimate of drug-likeness (QED) is 0.492. The first-order valence-electron chi connectivity index (χ1n) is 5.70. The molecule has 19 heavy (non-hydrogen) atoms. The minimum atomic E-state index is -0.401. The summed E-state index contributed by atoms with van der Waals surface area (Å²) >= 11 is 1.45. The van der Waals surface area contributed by atoms with Gasteiger partial charge < -0.3 is 14.8 Å². The highest BCUT2D eigenvalue weighted by atomic mass is 32.2. The molecule has 0 radical (unpaired) electrons. The van der Waals surface area contributed by atoms with Gasteiger partial charge in [-0.1, -0.05) is 0 Å². The fourth-order valence-electron chi connectivity index (χ4n) is 1.41. The predicted molar refractivity (Wildman–Crippen MR) is 74.7 cm³/mol. The number of hydrogen-bond acceptors (Lipinski definition) is 5. The molecule has 0 aliphatic rings. The highest BCUT2D eigenvalue weighted by Gasteiger charge is 2.11. The number of ether oxygens (including phenoxy) is 2. The van der Waals surface area contributed by atoms with Crippen molar-refractivity contribution in [1.82, 2.24) is 0 Å². The van der Waals surface area contributed by atoms with Crippen molar-refractivity contribution in [2.75, 3.05) is 31.9 Å². The van der Waals surface area contributed by atoms with Crippen LogP contribution in [0.2, 0.25) is 0 Å². The van der Waals surface area contributed by atoms with Gasteiger partial charge in [-0.15, -0.1) is 11.8 Å². The Bertz CT molecular complexity index is 462. The Labute approximate surface area is 116 Å². The second-order valence-electron chi connectivity index (χ2n) is 3.72. The van der Waals surface area contributed by atoms with Crippen molar-refractivity contribution in [1.29, 1.82) is 0 Å². The van der Waals surface area contributed by atoms with E-state index in [0.29, 0.717) is 17.9 Å². The zero-order chi connectivity index (χ0) is 14.3. The van der Waals surface area contributed by atoms with Gasteiger partial charge in [0.1, 0.15) is 6.61 Å². The largest absolute Gasteiger partial charge is 0.460 e. The Morgan fingerprint density at radius 2 is 2.05 bits per heavy atom. The number of esters is 1. The summed E-state index contributed by atoms with van der Waals surface area (Å²) in [5, 5.41) is 2.71. The van der Waals surface area contributed by atoms with Gasteiger partial charge in [0.15, 0.2) is 0 Å². The zero-order valence-corrected chi connectivity index (χ0v) is 12.0. The third-order valence-corrected chi connectivity index (χ3v) is 3.05. The van der Waals surface area contributed by atoms with Crippen LogP contribution >= 0.6 is 11.8 Å². The Kier molecular flexibility index (Phi) is 6.38. The van der Waals surface area contributed by atoms with Gasteiger partial charge in [0.25, 0.3) is 0 Å². The lowest BCUT2D eigenvalue weighted by atomic mass is 10.2. The van der Waals surface area contributed by atoms with Crippen molar-refractivity contribution in [3.63, 3.8) is 0 Å². The van der Waals surface area contributed by atoms with Crippen LogP contribution in [0.25, 0.3) is 0 Å². The third-order valence-electron chi connectivity index (χ3n) is 2.27. The fourth-order valence-corrected chi connectivity index (χ4v) is 2.00. The standard InChI is InChI=1S/C13H17NO4S/c1-9(15)14-11-5-4-10(8-12(11)19-3)13(16)18-7-6-17-2/h4-5,8H,6-7H2,1-3H3,(H,14,15). The van der Waals surface area contributed by atoms with E-state index < -0.39 is 5.97 Å². The molecule has 5 nitrogen and oxygen atoms in total. The monoisotopic (exact) mass is 283 g/mol. The maximum absolute atomic E-state index is 11.7. The smallest absolute Gasteiger partial charge is 0.338 e. The van der Waals surface area contributed by atoms with Gasteiger partial charge in [0, 0.05) is 18.9 Å². The lowest BCUT2D eigenvalue weighted by Gasteiger charge is -2.10. The molecular formula is C13H17NO4S. The molecule has 6 heteroatoms. The normalized spacial score (nSPS) is 10.1. The average Bonchev–Trinajstić information content (AvgIpc) is 2.38. The van der Waals surface area contributed by atoms with E-state index in [1.165, 1.54) is 18.7 Å². The molecular weight excluding hydrogens is 266 g/mol. The SMILES string of the molecule is COCCOC(=O)c1ccc(NC(C)=O)c(SC)c1. The van der Waals surface area contributed by atoms with E-state index in [1.54, 1.807) is 25.3 Å². The number of methoxy groups -OCH3 is 1. The van der Waals surface area contributed by atoms with Crippen molar-refractivity contribution in [3.05, 3.63) is 23.8 Å². The molecule has 104 valence electrons. The van der Waals surface area contributed by atoms with Crippen LogP contribution in [0.3, 0.4) is 0 Å². The molecule has 1 N–H and O–H groups in total. The van der Waals surface area contributed by atoms with E-state index in [-0.39, 0.29) is 12.5 Å². The number of hydrogen-bond donors (Lipinski definition) is 1. The first-order valence-corrected chi connectivity index (χ1v) is 6.92. The second-order valence-corrected chi connectivity index (χ2v) is 4.57. The number of thioether (sulfide) groups is 1. The summed E-state index contributed by atoms with van der Waals surface area (Å²) in [4.78, 5) is 23.6. The molecule has 0 saturated carbocycles. The lowest BCUT2D eigenvalue weighted by Crippen LogP contribution is -2.11. The van der Waals surface area contributed by atoms with E-state index in [1.807, 2.05) is 6.26 Å². The Balaban J connectivity index is 2.81. The van der Waals surface area contributed by atoms with Crippen LogP contribution in [0.4, 0.5) is 5.69 Å². The van der Waals surface area contributed by atoms with Crippen LogP contribution in [0.15, 0.2) is 23.1 Å². The van der Waals surface area contributed by atoms with Gasteiger partial charge in [-0.05, 0) is 24.5 Å². The predicted octanol–water partition coefficient (Wildman–Crippen LogP) is 2.17. The summed E-state index contributed by atoms with van der Waals surface area (Å²) in [5.41, 5.74) is 1.14. The van der Waals surface area contributed by atoms with Crippen LogP contribution in [-0.4, -0.2) is 38.5 Å². The minimum Gasteiger partial charge on any atom is -0.460 e. The van der Waals surface area contributed by atoms with E-state index >= 15 is 0 Å². The molecule has 0 atom stereocenters. The topological polar surface area (TPSA) is 64.6 Å². The fraction of sp³-hybridized carbons (Fsp3) is 0.385. The lowest BCUT2D eigenvalue weighted by molar-refractivity contribution is -0.114. The van der Waals surface area contributed by atoms with Crippen molar-refractivity contribution in [3.8, 4) is 0 Å². The van der Waals surface area contributed by atoms with Gasteiger partial charge in [0.2, 0.25) is 5.91 Å². The molecule has 1 aromatic rings. The van der Waals surface area contributed by atoms with Crippen LogP contribution in [-0.2, 0) is 14.3 Å². The summed E-state index contributed by atoms with van der Waals surface area (Å²) in [6, 6.07) is 5.02. The first kappa shape index (κ1) is 15.5. The summed E-state index contributed by atoms with van der Waals surface area (Å²) in [7, 11) is 1.54. The first-order chi connectivity index (χ1) is 9.08. The van der Waals surface area contributed by atoms with Gasteiger partial charge in [-0.3, -0.25) is 4.79 Å². The Morgan fingerprint density at radius 3 is 2.63 bits per heavy atom. The van der Waals surface area contributed by atoms with Crippen LogP contribution in [0.1, 0.15) is 17.3 Å². The number of benzene rings is 1. The Hall–Kier alpha value is -1.53. The van der Waals surface area contributed by atoms with Gasteiger partial charge >= 0.3 is 5.97 Å². The maximum atomic E-state index is 11.7. The second kappa shape index (κ2) is 7.81. The number of carbonyl (C=O) groups is 2. The van der Waals surface area contributed by atoms with E-state index in [4.69, 9.17) is 9.47 Å².